The first-order chi connectivity index (χ1) is 11.5. The average molecular weight is 371 g/mol. The maximum atomic E-state index is 11.7. The van der Waals surface area contributed by atoms with Gasteiger partial charge in [0.2, 0.25) is 5.71 Å². The van der Waals surface area contributed by atoms with Gasteiger partial charge in [-0.15, -0.1) is 11.3 Å². The van der Waals surface area contributed by atoms with Crippen LogP contribution in [0.25, 0.3) is 0 Å². The van der Waals surface area contributed by atoms with Crippen LogP contribution in [0, 0.1) is 0 Å². The lowest BCUT2D eigenvalue weighted by atomic mass is 10.2. The van der Waals surface area contributed by atoms with E-state index in [4.69, 9.17) is 9.57 Å². The van der Waals surface area contributed by atoms with E-state index in [0.717, 1.165) is 11.3 Å². The second-order valence-corrected chi connectivity index (χ2v) is 6.84. The number of hydrogen-bond acceptors (Lipinski definition) is 8. The summed E-state index contributed by atoms with van der Waals surface area (Å²) >= 11 is 1.00. The second kappa shape index (κ2) is 8.56. The van der Waals surface area contributed by atoms with E-state index in [1.807, 2.05) is 0 Å². The lowest BCUT2D eigenvalue weighted by Gasteiger charge is -2.18. The zero-order chi connectivity index (χ0) is 19.2. The Kier molecular flexibility index (Phi) is 7.04. The highest BCUT2D eigenvalue weighted by atomic mass is 32.1. The van der Waals surface area contributed by atoms with Gasteiger partial charge in [-0.1, -0.05) is 12.1 Å². The summed E-state index contributed by atoms with van der Waals surface area (Å²) in [6.45, 7) is 8.28. The van der Waals surface area contributed by atoms with Gasteiger partial charge in [0.05, 0.1) is 0 Å². The Labute approximate surface area is 149 Å². The molecule has 10 heteroatoms. The average Bonchev–Trinajstić information content (AvgIpc) is 2.91. The lowest BCUT2D eigenvalue weighted by molar-refractivity contribution is -0.131. The summed E-state index contributed by atoms with van der Waals surface area (Å²) < 4.78 is 5.08. The maximum Gasteiger partial charge on any atom is 0.413 e. The van der Waals surface area contributed by atoms with Crippen LogP contribution in [-0.2, 0) is 19.2 Å². The summed E-state index contributed by atoms with van der Waals surface area (Å²) in [5, 5.41) is 16.7. The first-order valence-corrected chi connectivity index (χ1v) is 8.37. The van der Waals surface area contributed by atoms with Crippen molar-refractivity contribution in [2.45, 2.75) is 52.7 Å². The summed E-state index contributed by atoms with van der Waals surface area (Å²) in [6, 6.07) is 0. The Morgan fingerprint density at radius 2 is 2.04 bits per heavy atom. The van der Waals surface area contributed by atoms with Crippen molar-refractivity contribution in [3.8, 4) is 0 Å². The molecule has 1 rings (SSSR count). The van der Waals surface area contributed by atoms with Crippen LogP contribution in [-0.4, -0.2) is 45.4 Å². The fourth-order valence-corrected chi connectivity index (χ4v) is 2.19. The minimum Gasteiger partial charge on any atom is -0.476 e. The minimum absolute atomic E-state index is 0.000272. The van der Waals surface area contributed by atoms with Crippen LogP contribution in [0.5, 0.6) is 0 Å². The summed E-state index contributed by atoms with van der Waals surface area (Å²) in [4.78, 5) is 43.4. The molecule has 1 atom stereocenters. The highest BCUT2D eigenvalue weighted by molar-refractivity contribution is 7.14. The molecular weight excluding hydrogens is 350 g/mol. The number of rotatable bonds is 7. The molecule has 1 aromatic rings. The molecule has 0 aliphatic heterocycles. The van der Waals surface area contributed by atoms with Gasteiger partial charge in [0.15, 0.2) is 17.0 Å². The number of aliphatic carboxylic acids is 1. The van der Waals surface area contributed by atoms with Crippen LogP contribution < -0.4 is 5.32 Å². The molecule has 25 heavy (non-hydrogen) atoms. The fourth-order valence-electron chi connectivity index (χ4n) is 1.50. The van der Waals surface area contributed by atoms with E-state index in [9.17, 15) is 19.5 Å². The third-order valence-corrected chi connectivity index (χ3v) is 3.42. The Bertz CT molecular complexity index is 677. The molecule has 0 bridgehead atoms. The predicted octanol–water partition coefficient (Wildman–Crippen LogP) is 2.66. The number of carbonyl (C=O) groups is 3. The van der Waals surface area contributed by atoms with Crippen LogP contribution in [0.3, 0.4) is 0 Å². The fraction of sp³-hybridized carbons (Fsp3) is 0.533. The highest BCUT2D eigenvalue weighted by Gasteiger charge is 2.21. The quantitative estimate of drug-likeness (QED) is 0.557. The number of hydrogen-bond donors (Lipinski definition) is 2. The molecule has 0 aromatic carbocycles. The summed E-state index contributed by atoms with van der Waals surface area (Å²) in [5.74, 6) is -1.58. The third kappa shape index (κ3) is 6.87. The van der Waals surface area contributed by atoms with Crippen LogP contribution in [0.1, 0.15) is 46.7 Å². The molecule has 0 saturated heterocycles. The number of ketones is 1. The van der Waals surface area contributed by atoms with Crippen LogP contribution in [0.15, 0.2) is 10.5 Å². The normalized spacial score (nSPS) is 13.1. The molecule has 0 radical (unpaired) electrons. The predicted molar refractivity (Wildman–Crippen MR) is 92.0 cm³/mol. The Morgan fingerprint density at radius 1 is 1.40 bits per heavy atom. The molecule has 2 N–H and O–H groups in total. The highest BCUT2D eigenvalue weighted by Crippen LogP contribution is 2.18. The van der Waals surface area contributed by atoms with Crippen molar-refractivity contribution >= 4 is 40.0 Å². The number of nitrogens with zero attached hydrogens (tertiary/aromatic N) is 2. The van der Waals surface area contributed by atoms with E-state index in [0.29, 0.717) is 0 Å². The van der Waals surface area contributed by atoms with Crippen molar-refractivity contribution in [1.82, 2.24) is 4.98 Å². The Balaban J connectivity index is 2.86. The SMILES string of the molecule is CCC(=O)C(C)ON=C(C(=O)O)c1csc(NC(=O)OC(C)(C)C)n1. The number of carbonyl (C=O) groups excluding carboxylic acids is 2. The largest absolute Gasteiger partial charge is 0.476 e. The summed E-state index contributed by atoms with van der Waals surface area (Å²) in [7, 11) is 0. The monoisotopic (exact) mass is 371 g/mol. The second-order valence-electron chi connectivity index (χ2n) is 5.98. The molecule has 0 saturated carbocycles. The van der Waals surface area contributed by atoms with Crippen molar-refractivity contribution in [1.29, 1.82) is 0 Å². The lowest BCUT2D eigenvalue weighted by Crippen LogP contribution is -2.27. The van der Waals surface area contributed by atoms with E-state index < -0.39 is 29.5 Å². The number of anilines is 1. The van der Waals surface area contributed by atoms with Gasteiger partial charge in [-0.25, -0.2) is 14.6 Å². The Morgan fingerprint density at radius 3 is 2.56 bits per heavy atom. The van der Waals surface area contributed by atoms with Crippen molar-refractivity contribution in [2.75, 3.05) is 5.32 Å². The number of ether oxygens (including phenoxy) is 1. The molecule has 0 spiro atoms. The first-order valence-electron chi connectivity index (χ1n) is 7.49. The molecule has 1 amide bonds. The van der Waals surface area contributed by atoms with Gasteiger partial charge in [-0.2, -0.15) is 0 Å². The number of carboxylic acids is 1. The van der Waals surface area contributed by atoms with Crippen molar-refractivity contribution < 1.29 is 29.1 Å². The van der Waals surface area contributed by atoms with E-state index >= 15 is 0 Å². The number of thiazole rings is 1. The van der Waals surface area contributed by atoms with Gasteiger partial charge >= 0.3 is 12.1 Å². The van der Waals surface area contributed by atoms with Gasteiger partial charge in [0.25, 0.3) is 0 Å². The molecule has 0 fully saturated rings. The molecule has 0 aliphatic carbocycles. The maximum absolute atomic E-state index is 11.7. The molecule has 138 valence electrons. The molecule has 0 aliphatic rings. The topological polar surface area (TPSA) is 127 Å². The van der Waals surface area contributed by atoms with Gasteiger partial charge in [0, 0.05) is 11.8 Å². The van der Waals surface area contributed by atoms with E-state index in [-0.39, 0.29) is 23.0 Å². The van der Waals surface area contributed by atoms with Crippen LogP contribution in [0.4, 0.5) is 9.93 Å². The molecule has 1 aromatic heterocycles. The first kappa shape index (κ1) is 20.6. The van der Waals surface area contributed by atoms with Crippen LogP contribution in [0.2, 0.25) is 0 Å². The van der Waals surface area contributed by atoms with Gasteiger partial charge in [-0.05, 0) is 27.7 Å². The smallest absolute Gasteiger partial charge is 0.413 e. The van der Waals surface area contributed by atoms with E-state index in [2.05, 4.69) is 15.5 Å². The molecule has 1 unspecified atom stereocenters. The summed E-state index contributed by atoms with van der Waals surface area (Å²) in [6.07, 6.45) is -1.32. The third-order valence-electron chi connectivity index (χ3n) is 2.66. The molecule has 9 nitrogen and oxygen atoms in total. The van der Waals surface area contributed by atoms with Crippen molar-refractivity contribution in [3.05, 3.63) is 11.1 Å². The zero-order valence-corrected chi connectivity index (χ0v) is 15.5. The van der Waals surface area contributed by atoms with Gasteiger partial charge in [0.1, 0.15) is 11.3 Å². The van der Waals surface area contributed by atoms with Crippen molar-refractivity contribution in [3.63, 3.8) is 0 Å². The standard InChI is InChI=1S/C15H21N3O6S/c1-6-10(19)8(2)24-18-11(12(20)21)9-7-25-13(16-9)17-14(22)23-15(3,4)5/h7-8H,6H2,1-5H3,(H,20,21)(H,16,17,22). The number of oxime groups is 1. The van der Waals surface area contributed by atoms with Crippen molar-refractivity contribution in [2.24, 2.45) is 5.16 Å². The van der Waals surface area contributed by atoms with Gasteiger partial charge < -0.3 is 14.7 Å². The minimum atomic E-state index is -1.37. The molecule has 1 heterocycles. The number of amides is 1. The van der Waals surface area contributed by atoms with E-state index in [1.54, 1.807) is 27.7 Å². The summed E-state index contributed by atoms with van der Waals surface area (Å²) in [5.41, 5.74) is -1.14. The number of aromatic nitrogens is 1. The Hall–Kier alpha value is -2.49. The number of carboxylic acid groups (broad SMARTS) is 1. The van der Waals surface area contributed by atoms with Crippen LogP contribution >= 0.6 is 11.3 Å². The number of nitrogens with one attached hydrogen (secondary N) is 1. The van der Waals surface area contributed by atoms with Gasteiger partial charge in [-0.3, -0.25) is 10.1 Å². The zero-order valence-electron chi connectivity index (χ0n) is 14.7. The molecular formula is C15H21N3O6S. The van der Waals surface area contributed by atoms with E-state index in [1.165, 1.54) is 12.3 Å². The number of Topliss-reactive ketones (excluding diaryl/α,β-unsaturated/α-hetero) is 1.